The van der Waals surface area contributed by atoms with Crippen LogP contribution in [0.3, 0.4) is 0 Å². The van der Waals surface area contributed by atoms with E-state index in [4.69, 9.17) is 0 Å². The Bertz CT molecular complexity index is 210. The fourth-order valence-corrected chi connectivity index (χ4v) is 3.02. The molecular weight excluding hydrogens is 212 g/mol. The summed E-state index contributed by atoms with van der Waals surface area (Å²) in [5.74, 6) is 0. The summed E-state index contributed by atoms with van der Waals surface area (Å²) < 4.78 is 0. The maximum absolute atomic E-state index is 9.44. The summed E-state index contributed by atoms with van der Waals surface area (Å²) in [6.45, 7) is 9.30. The number of hydrogen-bond donors (Lipinski definition) is 2. The van der Waals surface area contributed by atoms with Crippen LogP contribution in [0.5, 0.6) is 0 Å². The van der Waals surface area contributed by atoms with E-state index in [1.807, 2.05) is 6.92 Å². The first-order chi connectivity index (χ1) is 7.93. The van der Waals surface area contributed by atoms with Crippen LogP contribution in [0.4, 0.5) is 0 Å². The normalized spacial score (nSPS) is 21.4. The van der Waals surface area contributed by atoms with Crippen LogP contribution in [0.2, 0.25) is 0 Å². The molecule has 0 spiro atoms. The molecule has 0 saturated heterocycles. The predicted molar refractivity (Wildman–Crippen MR) is 73.2 cm³/mol. The van der Waals surface area contributed by atoms with Gasteiger partial charge in [-0.3, -0.25) is 0 Å². The van der Waals surface area contributed by atoms with Crippen molar-refractivity contribution in [1.82, 2.24) is 10.2 Å². The van der Waals surface area contributed by atoms with Crippen LogP contribution in [-0.4, -0.2) is 48.8 Å². The van der Waals surface area contributed by atoms with Gasteiger partial charge in [-0.2, -0.15) is 0 Å². The molecular formula is C14H30N2O. The zero-order chi connectivity index (χ0) is 12.9. The van der Waals surface area contributed by atoms with Gasteiger partial charge in [0.25, 0.3) is 0 Å². The van der Waals surface area contributed by atoms with Crippen molar-refractivity contribution >= 4 is 0 Å². The Morgan fingerprint density at radius 3 is 2.29 bits per heavy atom. The quantitative estimate of drug-likeness (QED) is 0.715. The van der Waals surface area contributed by atoms with Crippen molar-refractivity contribution < 1.29 is 5.11 Å². The highest BCUT2D eigenvalue weighted by Gasteiger charge is 2.34. The summed E-state index contributed by atoms with van der Waals surface area (Å²) in [5.41, 5.74) is 0.438. The molecule has 1 aliphatic carbocycles. The molecule has 0 aliphatic heterocycles. The topological polar surface area (TPSA) is 35.5 Å². The lowest BCUT2D eigenvalue weighted by molar-refractivity contribution is 0.104. The van der Waals surface area contributed by atoms with Gasteiger partial charge in [-0.1, -0.05) is 26.7 Å². The number of likely N-dealkylation sites (N-methyl/N-ethyl adjacent to an activating group) is 1. The fraction of sp³-hybridized carbons (Fsp3) is 1.00. The van der Waals surface area contributed by atoms with Gasteiger partial charge in [-0.25, -0.2) is 0 Å². The van der Waals surface area contributed by atoms with Gasteiger partial charge in [0.1, 0.15) is 0 Å². The van der Waals surface area contributed by atoms with Crippen LogP contribution in [0.1, 0.15) is 46.5 Å². The van der Waals surface area contributed by atoms with E-state index in [1.165, 1.54) is 25.7 Å². The molecule has 0 aromatic heterocycles. The number of aliphatic hydroxyl groups excluding tert-OH is 1. The molecule has 3 heteroatoms. The highest BCUT2D eigenvalue weighted by Crippen LogP contribution is 2.38. The van der Waals surface area contributed by atoms with Crippen molar-refractivity contribution in [1.29, 1.82) is 0 Å². The minimum atomic E-state index is -0.225. The molecule has 1 aliphatic rings. The lowest BCUT2D eigenvalue weighted by Gasteiger charge is -2.35. The van der Waals surface area contributed by atoms with Crippen molar-refractivity contribution in [3.05, 3.63) is 0 Å². The Kier molecular flexibility index (Phi) is 5.90. The van der Waals surface area contributed by atoms with Crippen molar-refractivity contribution in [3.8, 4) is 0 Å². The molecule has 2 N–H and O–H groups in total. The highest BCUT2D eigenvalue weighted by atomic mass is 16.3. The van der Waals surface area contributed by atoms with Crippen LogP contribution >= 0.6 is 0 Å². The van der Waals surface area contributed by atoms with Gasteiger partial charge < -0.3 is 15.3 Å². The SMILES string of the molecule is CC(O)CN(C)CC1(CNC(C)C)CCCC1. The van der Waals surface area contributed by atoms with Gasteiger partial charge in [-0.15, -0.1) is 0 Å². The summed E-state index contributed by atoms with van der Waals surface area (Å²) >= 11 is 0. The first-order valence-corrected chi connectivity index (χ1v) is 7.03. The maximum Gasteiger partial charge on any atom is 0.0638 e. The molecule has 1 atom stereocenters. The first-order valence-electron chi connectivity index (χ1n) is 7.03. The average Bonchev–Trinajstić information content (AvgIpc) is 2.62. The molecule has 1 unspecified atom stereocenters. The monoisotopic (exact) mass is 242 g/mol. The molecule has 0 amide bonds. The Balaban J connectivity index is 2.46. The van der Waals surface area contributed by atoms with Gasteiger partial charge in [0, 0.05) is 25.7 Å². The highest BCUT2D eigenvalue weighted by molar-refractivity contribution is 4.89. The maximum atomic E-state index is 9.44. The van der Waals surface area contributed by atoms with Crippen LogP contribution in [0.15, 0.2) is 0 Å². The van der Waals surface area contributed by atoms with E-state index in [2.05, 4.69) is 31.1 Å². The third kappa shape index (κ3) is 5.36. The van der Waals surface area contributed by atoms with E-state index >= 15 is 0 Å². The number of hydrogen-bond acceptors (Lipinski definition) is 3. The molecule has 1 saturated carbocycles. The zero-order valence-corrected chi connectivity index (χ0v) is 12.0. The molecule has 0 radical (unpaired) electrons. The molecule has 0 aromatic carbocycles. The number of aliphatic hydroxyl groups is 1. The minimum Gasteiger partial charge on any atom is -0.392 e. The molecule has 17 heavy (non-hydrogen) atoms. The van der Waals surface area contributed by atoms with Crippen LogP contribution < -0.4 is 5.32 Å². The zero-order valence-electron chi connectivity index (χ0n) is 12.0. The molecule has 0 bridgehead atoms. The van der Waals surface area contributed by atoms with Crippen molar-refractivity contribution in [2.24, 2.45) is 5.41 Å². The standard InChI is InChI=1S/C14H30N2O/c1-12(2)15-10-14(7-5-6-8-14)11-16(4)9-13(3)17/h12-13,15,17H,5-11H2,1-4H3. The van der Waals surface area contributed by atoms with Crippen molar-refractivity contribution in [2.75, 3.05) is 26.7 Å². The minimum absolute atomic E-state index is 0.225. The molecule has 1 fully saturated rings. The third-order valence-electron chi connectivity index (χ3n) is 3.73. The average molecular weight is 242 g/mol. The van der Waals surface area contributed by atoms with E-state index in [9.17, 15) is 5.11 Å². The van der Waals surface area contributed by atoms with E-state index in [-0.39, 0.29) is 6.10 Å². The summed E-state index contributed by atoms with van der Waals surface area (Å²) in [6.07, 6.45) is 5.16. The van der Waals surface area contributed by atoms with E-state index < -0.39 is 0 Å². The van der Waals surface area contributed by atoms with Crippen LogP contribution in [-0.2, 0) is 0 Å². The number of rotatable bonds is 7. The molecule has 1 rings (SSSR count). The molecule has 0 aromatic rings. The third-order valence-corrected chi connectivity index (χ3v) is 3.73. The number of nitrogens with zero attached hydrogens (tertiary/aromatic N) is 1. The number of nitrogens with one attached hydrogen (secondary N) is 1. The van der Waals surface area contributed by atoms with Gasteiger partial charge in [0.2, 0.25) is 0 Å². The second-order valence-corrected chi connectivity index (χ2v) is 6.29. The second-order valence-electron chi connectivity index (χ2n) is 6.29. The Hall–Kier alpha value is -0.120. The molecule has 3 nitrogen and oxygen atoms in total. The summed E-state index contributed by atoms with van der Waals surface area (Å²) in [7, 11) is 2.13. The molecule has 0 heterocycles. The lowest BCUT2D eigenvalue weighted by Crippen LogP contribution is -2.44. The lowest BCUT2D eigenvalue weighted by atomic mass is 9.85. The Labute approximate surface area is 107 Å². The summed E-state index contributed by atoms with van der Waals surface area (Å²) in [4.78, 5) is 2.29. The summed E-state index contributed by atoms with van der Waals surface area (Å²) in [5, 5.41) is 13.0. The van der Waals surface area contributed by atoms with Gasteiger partial charge in [-0.05, 0) is 32.2 Å². The largest absolute Gasteiger partial charge is 0.392 e. The fourth-order valence-electron chi connectivity index (χ4n) is 3.02. The van der Waals surface area contributed by atoms with Crippen molar-refractivity contribution in [2.45, 2.75) is 58.6 Å². The smallest absolute Gasteiger partial charge is 0.0638 e. The van der Waals surface area contributed by atoms with Crippen LogP contribution in [0.25, 0.3) is 0 Å². The Morgan fingerprint density at radius 1 is 1.24 bits per heavy atom. The summed E-state index contributed by atoms with van der Waals surface area (Å²) in [6, 6.07) is 0.564. The van der Waals surface area contributed by atoms with Gasteiger partial charge in [0.05, 0.1) is 6.10 Å². The van der Waals surface area contributed by atoms with Crippen molar-refractivity contribution in [3.63, 3.8) is 0 Å². The predicted octanol–water partition coefficient (Wildman–Crippen LogP) is 1.86. The van der Waals surface area contributed by atoms with Gasteiger partial charge >= 0.3 is 0 Å². The van der Waals surface area contributed by atoms with E-state index in [1.54, 1.807) is 0 Å². The first kappa shape index (κ1) is 14.9. The van der Waals surface area contributed by atoms with Gasteiger partial charge in [0.15, 0.2) is 0 Å². The molecule has 102 valence electrons. The second kappa shape index (κ2) is 6.72. The Morgan fingerprint density at radius 2 is 1.82 bits per heavy atom. The van der Waals surface area contributed by atoms with E-state index in [0.717, 1.165) is 19.6 Å². The van der Waals surface area contributed by atoms with E-state index in [0.29, 0.717) is 11.5 Å². The van der Waals surface area contributed by atoms with Crippen LogP contribution in [0, 0.1) is 5.41 Å².